The summed E-state index contributed by atoms with van der Waals surface area (Å²) >= 11 is 2.30. The van der Waals surface area contributed by atoms with Crippen molar-refractivity contribution < 1.29 is 9.63 Å². The number of urea groups is 1. The van der Waals surface area contributed by atoms with E-state index in [-0.39, 0.29) is 18.1 Å². The van der Waals surface area contributed by atoms with Gasteiger partial charge in [0, 0.05) is 3.58 Å². The van der Waals surface area contributed by atoms with E-state index in [0.717, 1.165) is 13.0 Å². The summed E-state index contributed by atoms with van der Waals surface area (Å²) in [5.74, 6) is 0. The minimum atomic E-state index is -0.0263. The number of hydrogen-bond acceptors (Lipinski definition) is 2. The van der Waals surface area contributed by atoms with Crippen molar-refractivity contribution in [1.29, 1.82) is 0 Å². The van der Waals surface area contributed by atoms with Gasteiger partial charge in [-0.3, -0.25) is 4.84 Å². The van der Waals surface area contributed by atoms with Crippen LogP contribution in [0.25, 0.3) is 0 Å². The summed E-state index contributed by atoms with van der Waals surface area (Å²) < 4.78 is 1.19. The third-order valence-corrected chi connectivity index (χ3v) is 3.99. The first kappa shape index (κ1) is 11.9. The number of halogens is 1. The normalized spacial score (nSPS) is 28.4. The van der Waals surface area contributed by atoms with Crippen LogP contribution in [0.2, 0.25) is 0 Å². The van der Waals surface area contributed by atoms with Crippen LogP contribution in [0.5, 0.6) is 0 Å². The average molecular weight is 334 g/mol. The largest absolute Gasteiger partial charge is 0.345 e. The SMILES string of the molecule is C=CCON1C(=O)N2CC1C(I)=C[C@H]2CC. The number of carbonyl (C=O) groups excluding carboxylic acids is 1. The molecule has 2 rings (SSSR count). The van der Waals surface area contributed by atoms with Gasteiger partial charge in [-0.05, 0) is 29.0 Å². The predicted octanol–water partition coefficient (Wildman–Crippen LogP) is 2.32. The highest BCUT2D eigenvalue weighted by Gasteiger charge is 2.45. The number of carbonyl (C=O) groups is 1. The molecule has 0 spiro atoms. The number of fused-ring (bicyclic) bond motifs is 2. The third-order valence-electron chi connectivity index (χ3n) is 2.91. The van der Waals surface area contributed by atoms with Crippen molar-refractivity contribution >= 4 is 28.6 Å². The molecule has 2 bridgehead atoms. The summed E-state index contributed by atoms with van der Waals surface area (Å²) in [6.45, 7) is 6.79. The molecule has 0 radical (unpaired) electrons. The van der Waals surface area contributed by atoms with Gasteiger partial charge in [-0.1, -0.05) is 19.1 Å². The summed E-state index contributed by atoms with van der Waals surface area (Å²) in [6.07, 6.45) is 4.75. The van der Waals surface area contributed by atoms with E-state index in [9.17, 15) is 4.79 Å². The fourth-order valence-electron chi connectivity index (χ4n) is 2.08. The van der Waals surface area contributed by atoms with Crippen LogP contribution < -0.4 is 0 Å². The van der Waals surface area contributed by atoms with Gasteiger partial charge in [0.1, 0.15) is 6.04 Å². The van der Waals surface area contributed by atoms with Gasteiger partial charge in [-0.25, -0.2) is 4.79 Å². The van der Waals surface area contributed by atoms with E-state index in [1.807, 2.05) is 4.90 Å². The van der Waals surface area contributed by atoms with Crippen LogP contribution in [-0.2, 0) is 4.84 Å². The monoisotopic (exact) mass is 334 g/mol. The lowest BCUT2D eigenvalue weighted by Crippen LogP contribution is -2.37. The summed E-state index contributed by atoms with van der Waals surface area (Å²) in [4.78, 5) is 19.4. The number of hydrogen-bond donors (Lipinski definition) is 0. The molecule has 2 amide bonds. The molecule has 2 heterocycles. The van der Waals surface area contributed by atoms with E-state index >= 15 is 0 Å². The number of rotatable bonds is 4. The number of hydroxylamine groups is 2. The Morgan fingerprint density at radius 2 is 2.50 bits per heavy atom. The van der Waals surface area contributed by atoms with Gasteiger partial charge in [0.05, 0.1) is 19.2 Å². The maximum Gasteiger partial charge on any atom is 0.345 e. The molecule has 5 heteroatoms. The molecule has 0 aromatic carbocycles. The van der Waals surface area contributed by atoms with E-state index in [1.54, 1.807) is 6.08 Å². The lowest BCUT2D eigenvalue weighted by atomic mass is 10.1. The molecule has 1 fully saturated rings. The second-order valence-corrected chi connectivity index (χ2v) is 5.13. The van der Waals surface area contributed by atoms with Crippen LogP contribution in [0.15, 0.2) is 22.3 Å². The molecular formula is C11H15IN2O2. The quantitative estimate of drug-likeness (QED) is 0.584. The molecule has 4 nitrogen and oxygen atoms in total. The Bertz CT molecular complexity index is 343. The molecule has 2 aliphatic rings. The Morgan fingerprint density at radius 1 is 1.75 bits per heavy atom. The molecule has 1 saturated heterocycles. The van der Waals surface area contributed by atoms with E-state index in [2.05, 4.69) is 42.2 Å². The summed E-state index contributed by atoms with van der Waals surface area (Å²) in [5, 5.41) is 1.48. The van der Waals surface area contributed by atoms with E-state index in [4.69, 9.17) is 4.84 Å². The Morgan fingerprint density at radius 3 is 3.12 bits per heavy atom. The van der Waals surface area contributed by atoms with Crippen LogP contribution in [0.1, 0.15) is 13.3 Å². The zero-order valence-electron chi connectivity index (χ0n) is 9.23. The highest BCUT2D eigenvalue weighted by atomic mass is 127. The number of nitrogens with zero attached hydrogens (tertiary/aromatic N) is 2. The van der Waals surface area contributed by atoms with Crippen molar-refractivity contribution in [3.05, 3.63) is 22.3 Å². The van der Waals surface area contributed by atoms with Crippen LogP contribution in [0.4, 0.5) is 4.79 Å². The third kappa shape index (κ3) is 1.86. The Labute approximate surface area is 109 Å². The van der Waals surface area contributed by atoms with Gasteiger partial charge in [0.2, 0.25) is 0 Å². The highest BCUT2D eigenvalue weighted by molar-refractivity contribution is 14.1. The van der Waals surface area contributed by atoms with E-state index in [0.29, 0.717) is 6.61 Å². The second kappa shape index (κ2) is 4.75. The first-order valence-corrected chi connectivity index (χ1v) is 6.47. The van der Waals surface area contributed by atoms with Crippen molar-refractivity contribution in [3.63, 3.8) is 0 Å². The van der Waals surface area contributed by atoms with Crippen molar-refractivity contribution in [2.45, 2.75) is 25.4 Å². The molecule has 0 saturated carbocycles. The smallest absolute Gasteiger partial charge is 0.314 e. The van der Waals surface area contributed by atoms with Crippen molar-refractivity contribution in [2.24, 2.45) is 0 Å². The fourth-order valence-corrected chi connectivity index (χ4v) is 2.94. The van der Waals surface area contributed by atoms with Gasteiger partial charge >= 0.3 is 6.03 Å². The Balaban J connectivity index is 2.18. The Hall–Kier alpha value is -0.560. The predicted molar refractivity (Wildman–Crippen MR) is 70.1 cm³/mol. The first-order chi connectivity index (χ1) is 7.69. The lowest BCUT2D eigenvalue weighted by Gasteiger charge is -2.26. The summed E-state index contributed by atoms with van der Waals surface area (Å²) in [7, 11) is 0. The molecule has 88 valence electrons. The molecule has 0 aromatic rings. The molecule has 0 aromatic heterocycles. The zero-order valence-corrected chi connectivity index (χ0v) is 11.4. The van der Waals surface area contributed by atoms with E-state index < -0.39 is 0 Å². The van der Waals surface area contributed by atoms with Gasteiger partial charge in [-0.15, -0.1) is 6.58 Å². The molecule has 0 N–H and O–H groups in total. The summed E-state index contributed by atoms with van der Waals surface area (Å²) in [6, 6.07) is 0.255. The van der Waals surface area contributed by atoms with Crippen LogP contribution in [0, 0.1) is 0 Å². The van der Waals surface area contributed by atoms with Gasteiger partial charge in [-0.2, -0.15) is 5.06 Å². The molecule has 2 aliphatic heterocycles. The van der Waals surface area contributed by atoms with Gasteiger partial charge in [0.15, 0.2) is 0 Å². The minimum absolute atomic E-state index is 0.0263. The van der Waals surface area contributed by atoms with Crippen LogP contribution >= 0.6 is 22.6 Å². The highest BCUT2D eigenvalue weighted by Crippen LogP contribution is 2.34. The molecule has 2 atom stereocenters. The van der Waals surface area contributed by atoms with Gasteiger partial charge in [0.25, 0.3) is 0 Å². The van der Waals surface area contributed by atoms with Crippen LogP contribution in [-0.4, -0.2) is 41.2 Å². The van der Waals surface area contributed by atoms with Crippen molar-refractivity contribution in [2.75, 3.05) is 13.2 Å². The standard InChI is InChI=1S/C11H15IN2O2/c1-3-5-16-14-10-7-13(11(14)15)8(4-2)6-9(10)12/h3,6,8,10H,1,4-5,7H2,2H3/t8-,10?/m1/s1. The zero-order chi connectivity index (χ0) is 11.7. The topological polar surface area (TPSA) is 32.8 Å². The molecular weight excluding hydrogens is 319 g/mol. The van der Waals surface area contributed by atoms with Crippen LogP contribution in [0.3, 0.4) is 0 Å². The first-order valence-electron chi connectivity index (χ1n) is 5.39. The van der Waals surface area contributed by atoms with Crippen molar-refractivity contribution in [3.8, 4) is 0 Å². The lowest BCUT2D eigenvalue weighted by molar-refractivity contribution is -0.108. The maximum atomic E-state index is 12.1. The fraction of sp³-hybridized carbons (Fsp3) is 0.545. The average Bonchev–Trinajstić information content (AvgIpc) is 2.57. The second-order valence-electron chi connectivity index (χ2n) is 3.89. The number of amides is 2. The maximum absolute atomic E-state index is 12.1. The van der Waals surface area contributed by atoms with E-state index in [1.165, 1.54) is 8.64 Å². The summed E-state index contributed by atoms with van der Waals surface area (Å²) in [5.41, 5.74) is 0. The van der Waals surface area contributed by atoms with Crippen molar-refractivity contribution in [1.82, 2.24) is 9.96 Å². The minimum Gasteiger partial charge on any atom is -0.314 e. The molecule has 0 aliphatic carbocycles. The molecule has 16 heavy (non-hydrogen) atoms. The molecule has 1 unspecified atom stereocenters. The van der Waals surface area contributed by atoms with Gasteiger partial charge < -0.3 is 4.90 Å². The Kier molecular flexibility index (Phi) is 3.53.